The van der Waals surface area contributed by atoms with Gasteiger partial charge in [0.2, 0.25) is 0 Å². The summed E-state index contributed by atoms with van der Waals surface area (Å²) >= 11 is 0. The van der Waals surface area contributed by atoms with Crippen LogP contribution < -0.4 is 0 Å². The molecule has 0 aliphatic carbocycles. The molecule has 4 nitrogen and oxygen atoms in total. The number of nitrogens with zero attached hydrogens (tertiary/aromatic N) is 3. The molecule has 0 saturated heterocycles. The summed E-state index contributed by atoms with van der Waals surface area (Å²) in [6.45, 7) is 4.66. The van der Waals surface area contributed by atoms with Gasteiger partial charge in [-0.2, -0.15) is 5.10 Å². The summed E-state index contributed by atoms with van der Waals surface area (Å²) < 4.78 is 1.85. The highest BCUT2D eigenvalue weighted by Gasteiger charge is 2.03. The van der Waals surface area contributed by atoms with Crippen molar-refractivity contribution in [2.24, 2.45) is 0 Å². The molecule has 1 aromatic rings. The van der Waals surface area contributed by atoms with Crippen LogP contribution in [-0.4, -0.2) is 26.0 Å². The van der Waals surface area contributed by atoms with Crippen molar-refractivity contribution in [1.82, 2.24) is 14.8 Å². The standard InChI is InChI=1S/C8H15N3O/c1-3-11-8(9-6-10-11)5-4-7(2)12/h6-7,12H,3-5H2,1-2H3/t7-/m1/s1. The van der Waals surface area contributed by atoms with E-state index in [2.05, 4.69) is 10.1 Å². The van der Waals surface area contributed by atoms with Crippen LogP contribution in [0.25, 0.3) is 0 Å². The fraction of sp³-hybridized carbons (Fsp3) is 0.750. The van der Waals surface area contributed by atoms with Crippen molar-refractivity contribution in [2.75, 3.05) is 0 Å². The molecule has 1 heterocycles. The molecule has 1 atom stereocenters. The molecule has 12 heavy (non-hydrogen) atoms. The van der Waals surface area contributed by atoms with E-state index in [-0.39, 0.29) is 6.10 Å². The summed E-state index contributed by atoms with van der Waals surface area (Å²) in [5.74, 6) is 0.957. The van der Waals surface area contributed by atoms with Gasteiger partial charge >= 0.3 is 0 Å². The summed E-state index contributed by atoms with van der Waals surface area (Å²) in [5.41, 5.74) is 0. The molecule has 0 amide bonds. The average molecular weight is 169 g/mol. The Morgan fingerprint density at radius 1 is 1.67 bits per heavy atom. The van der Waals surface area contributed by atoms with E-state index in [9.17, 15) is 0 Å². The van der Waals surface area contributed by atoms with Gasteiger partial charge in [-0.1, -0.05) is 0 Å². The molecule has 0 radical (unpaired) electrons. The Morgan fingerprint density at radius 2 is 2.42 bits per heavy atom. The summed E-state index contributed by atoms with van der Waals surface area (Å²) in [7, 11) is 0. The zero-order valence-corrected chi connectivity index (χ0v) is 7.56. The number of hydrogen-bond donors (Lipinski definition) is 1. The number of hydrogen-bond acceptors (Lipinski definition) is 3. The van der Waals surface area contributed by atoms with E-state index in [0.717, 1.165) is 25.2 Å². The van der Waals surface area contributed by atoms with Crippen LogP contribution in [0.15, 0.2) is 6.33 Å². The highest BCUT2D eigenvalue weighted by molar-refractivity contribution is 4.84. The first kappa shape index (κ1) is 9.19. The maximum atomic E-state index is 9.06. The Hall–Kier alpha value is -0.900. The summed E-state index contributed by atoms with van der Waals surface area (Å²) in [5, 5.41) is 13.1. The number of aliphatic hydroxyl groups excluding tert-OH is 1. The SMILES string of the molecule is CCn1ncnc1CC[C@@H](C)O. The van der Waals surface area contributed by atoms with E-state index in [4.69, 9.17) is 5.11 Å². The Morgan fingerprint density at radius 3 is 3.00 bits per heavy atom. The first-order chi connectivity index (χ1) is 5.74. The fourth-order valence-electron chi connectivity index (χ4n) is 1.08. The molecule has 0 bridgehead atoms. The predicted molar refractivity (Wildman–Crippen MR) is 45.7 cm³/mol. The number of aromatic nitrogens is 3. The minimum atomic E-state index is -0.257. The molecule has 0 aromatic carbocycles. The van der Waals surface area contributed by atoms with E-state index in [1.807, 2.05) is 11.6 Å². The summed E-state index contributed by atoms with van der Waals surface area (Å²) in [6.07, 6.45) is 2.84. The van der Waals surface area contributed by atoms with Gasteiger partial charge in [0.15, 0.2) is 0 Å². The second kappa shape index (κ2) is 4.21. The van der Waals surface area contributed by atoms with Crippen LogP contribution in [0.2, 0.25) is 0 Å². The molecule has 1 aromatic heterocycles. The largest absolute Gasteiger partial charge is 0.393 e. The molecule has 0 spiro atoms. The molecule has 0 saturated carbocycles. The van der Waals surface area contributed by atoms with Crippen molar-refractivity contribution in [3.8, 4) is 0 Å². The van der Waals surface area contributed by atoms with Crippen molar-refractivity contribution in [1.29, 1.82) is 0 Å². The lowest BCUT2D eigenvalue weighted by Crippen LogP contribution is -2.08. The molecule has 0 aliphatic heterocycles. The normalized spacial score (nSPS) is 13.2. The number of aliphatic hydroxyl groups is 1. The van der Waals surface area contributed by atoms with Crippen LogP contribution >= 0.6 is 0 Å². The number of aryl methyl sites for hydroxylation is 2. The van der Waals surface area contributed by atoms with Gasteiger partial charge in [-0.3, -0.25) is 4.68 Å². The highest BCUT2D eigenvalue weighted by atomic mass is 16.3. The van der Waals surface area contributed by atoms with Crippen LogP contribution in [0.1, 0.15) is 26.1 Å². The third-order valence-electron chi connectivity index (χ3n) is 1.78. The van der Waals surface area contributed by atoms with Crippen LogP contribution in [0.3, 0.4) is 0 Å². The van der Waals surface area contributed by atoms with Gasteiger partial charge in [-0.05, 0) is 20.3 Å². The lowest BCUT2D eigenvalue weighted by molar-refractivity contribution is 0.183. The Bertz CT molecular complexity index is 232. The molecule has 0 aliphatic rings. The monoisotopic (exact) mass is 169 g/mol. The Balaban J connectivity index is 2.50. The van der Waals surface area contributed by atoms with E-state index >= 15 is 0 Å². The molecule has 0 unspecified atom stereocenters. The second-order valence-corrected chi connectivity index (χ2v) is 2.88. The molecule has 68 valence electrons. The maximum Gasteiger partial charge on any atom is 0.138 e. The van der Waals surface area contributed by atoms with Gasteiger partial charge in [0, 0.05) is 13.0 Å². The zero-order chi connectivity index (χ0) is 8.97. The second-order valence-electron chi connectivity index (χ2n) is 2.88. The highest BCUT2D eigenvalue weighted by Crippen LogP contribution is 2.01. The molecule has 4 heteroatoms. The quantitative estimate of drug-likeness (QED) is 0.718. The van der Waals surface area contributed by atoms with Crippen molar-refractivity contribution < 1.29 is 5.11 Å². The number of rotatable bonds is 4. The molecule has 0 fully saturated rings. The molecule has 1 rings (SSSR count). The first-order valence-corrected chi connectivity index (χ1v) is 4.28. The maximum absolute atomic E-state index is 9.06. The average Bonchev–Trinajstić information content (AvgIpc) is 2.47. The Labute approximate surface area is 72.2 Å². The third-order valence-corrected chi connectivity index (χ3v) is 1.78. The minimum absolute atomic E-state index is 0.257. The van der Waals surface area contributed by atoms with Crippen molar-refractivity contribution in [3.05, 3.63) is 12.2 Å². The summed E-state index contributed by atoms with van der Waals surface area (Å²) in [6, 6.07) is 0. The topological polar surface area (TPSA) is 50.9 Å². The third kappa shape index (κ3) is 2.30. The van der Waals surface area contributed by atoms with Crippen molar-refractivity contribution in [3.63, 3.8) is 0 Å². The van der Waals surface area contributed by atoms with E-state index in [0.29, 0.717) is 0 Å². The lowest BCUT2D eigenvalue weighted by atomic mass is 10.2. The molecular formula is C8H15N3O. The first-order valence-electron chi connectivity index (χ1n) is 4.28. The molecular weight excluding hydrogens is 154 g/mol. The van der Waals surface area contributed by atoms with E-state index in [1.54, 1.807) is 13.3 Å². The van der Waals surface area contributed by atoms with Crippen LogP contribution in [0, 0.1) is 0 Å². The Kier molecular flexibility index (Phi) is 3.22. The van der Waals surface area contributed by atoms with Crippen LogP contribution in [0.4, 0.5) is 0 Å². The van der Waals surface area contributed by atoms with Crippen LogP contribution in [-0.2, 0) is 13.0 Å². The van der Waals surface area contributed by atoms with Crippen molar-refractivity contribution >= 4 is 0 Å². The predicted octanol–water partition coefficient (Wildman–Crippen LogP) is 0.611. The molecule has 1 N–H and O–H groups in total. The lowest BCUT2D eigenvalue weighted by Gasteiger charge is -2.04. The van der Waals surface area contributed by atoms with Gasteiger partial charge in [0.25, 0.3) is 0 Å². The van der Waals surface area contributed by atoms with Crippen LogP contribution in [0.5, 0.6) is 0 Å². The van der Waals surface area contributed by atoms with E-state index in [1.165, 1.54) is 0 Å². The smallest absolute Gasteiger partial charge is 0.138 e. The summed E-state index contributed by atoms with van der Waals surface area (Å²) in [4.78, 5) is 4.10. The van der Waals surface area contributed by atoms with Gasteiger partial charge in [0.1, 0.15) is 12.2 Å². The zero-order valence-electron chi connectivity index (χ0n) is 7.56. The van der Waals surface area contributed by atoms with Gasteiger partial charge < -0.3 is 5.11 Å². The fourth-order valence-corrected chi connectivity index (χ4v) is 1.08. The van der Waals surface area contributed by atoms with Gasteiger partial charge in [-0.15, -0.1) is 0 Å². The van der Waals surface area contributed by atoms with Crippen molar-refractivity contribution in [2.45, 2.75) is 39.3 Å². The van der Waals surface area contributed by atoms with Gasteiger partial charge in [0.05, 0.1) is 6.10 Å². The van der Waals surface area contributed by atoms with Gasteiger partial charge in [-0.25, -0.2) is 4.98 Å². The van der Waals surface area contributed by atoms with E-state index < -0.39 is 0 Å². The minimum Gasteiger partial charge on any atom is -0.393 e.